The zero-order valence-corrected chi connectivity index (χ0v) is 19.5. The van der Waals surface area contributed by atoms with E-state index < -0.39 is 17.8 Å². The van der Waals surface area contributed by atoms with Gasteiger partial charge in [-0.15, -0.1) is 0 Å². The first-order valence-corrected chi connectivity index (χ1v) is 10.5. The van der Waals surface area contributed by atoms with Crippen LogP contribution in [0.1, 0.15) is 24.5 Å². The van der Waals surface area contributed by atoms with Crippen LogP contribution in [-0.2, 0) is 19.1 Å². The molecule has 2 aromatic rings. The van der Waals surface area contributed by atoms with Gasteiger partial charge in [0.05, 0.1) is 24.4 Å². The number of ether oxygens (including phenoxy) is 3. The number of carbonyl (C=O) groups is 3. The summed E-state index contributed by atoms with van der Waals surface area (Å²) in [6.45, 7) is 3.64. The zero-order chi connectivity index (χ0) is 23.5. The molecule has 170 valence electrons. The average Bonchev–Trinajstić information content (AvgIpc) is 2.74. The molecule has 0 aromatic heterocycles. The van der Waals surface area contributed by atoms with E-state index in [1.165, 1.54) is 13.3 Å². The van der Waals surface area contributed by atoms with E-state index in [1.807, 2.05) is 19.1 Å². The fourth-order valence-electron chi connectivity index (χ4n) is 2.49. The second kappa shape index (κ2) is 12.5. The summed E-state index contributed by atoms with van der Waals surface area (Å²) in [5, 5.41) is 6.51. The van der Waals surface area contributed by atoms with Gasteiger partial charge in [-0.2, -0.15) is 5.10 Å². The van der Waals surface area contributed by atoms with Gasteiger partial charge < -0.3 is 19.5 Å². The summed E-state index contributed by atoms with van der Waals surface area (Å²) >= 11 is 3.36. The van der Waals surface area contributed by atoms with Crippen molar-refractivity contribution in [2.45, 2.75) is 20.3 Å². The number of hydrogen-bond donors (Lipinski definition) is 2. The minimum Gasteiger partial charge on any atom is -0.493 e. The molecule has 0 saturated heterocycles. The van der Waals surface area contributed by atoms with Gasteiger partial charge in [0.25, 0.3) is 0 Å². The number of halogens is 1. The number of amides is 2. The molecule has 0 spiro atoms. The van der Waals surface area contributed by atoms with Crippen molar-refractivity contribution < 1.29 is 28.6 Å². The first-order valence-electron chi connectivity index (χ1n) is 9.66. The molecular weight excluding hydrogens is 482 g/mol. The predicted molar refractivity (Wildman–Crippen MR) is 123 cm³/mol. The summed E-state index contributed by atoms with van der Waals surface area (Å²) in [7, 11) is 1.45. The van der Waals surface area contributed by atoms with Crippen molar-refractivity contribution in [3.8, 4) is 11.5 Å². The fourth-order valence-corrected chi connectivity index (χ4v) is 3.07. The Bertz CT molecular complexity index is 992. The van der Waals surface area contributed by atoms with E-state index in [2.05, 4.69) is 31.8 Å². The van der Waals surface area contributed by atoms with Crippen LogP contribution in [0.25, 0.3) is 0 Å². The number of carbonyl (C=O) groups excluding carboxylic acids is 3. The number of esters is 1. The molecule has 0 atom stereocenters. The third-order valence-electron chi connectivity index (χ3n) is 3.95. The van der Waals surface area contributed by atoms with Crippen LogP contribution < -0.4 is 20.2 Å². The second-order valence-corrected chi connectivity index (χ2v) is 7.37. The lowest BCUT2D eigenvalue weighted by molar-refractivity contribution is -0.145. The topological polar surface area (TPSA) is 115 Å². The van der Waals surface area contributed by atoms with Gasteiger partial charge in [0, 0.05) is 5.69 Å². The van der Waals surface area contributed by atoms with Gasteiger partial charge in [0.2, 0.25) is 11.8 Å². The van der Waals surface area contributed by atoms with Crippen LogP contribution >= 0.6 is 15.9 Å². The molecule has 10 heteroatoms. The maximum absolute atomic E-state index is 12.0. The van der Waals surface area contributed by atoms with Crippen LogP contribution in [0.4, 0.5) is 5.69 Å². The fraction of sp³-hybridized carbons (Fsp3) is 0.273. The van der Waals surface area contributed by atoms with Gasteiger partial charge in [-0.25, -0.2) is 10.2 Å². The van der Waals surface area contributed by atoms with Crippen LogP contribution in [0.3, 0.4) is 0 Å². The van der Waals surface area contributed by atoms with Gasteiger partial charge in [0.15, 0.2) is 18.1 Å². The highest BCUT2D eigenvalue weighted by molar-refractivity contribution is 9.10. The molecule has 0 unspecified atom stereocenters. The number of hydrazone groups is 1. The first kappa shape index (κ1) is 24.9. The number of nitrogens with zero attached hydrogens (tertiary/aromatic N) is 1. The van der Waals surface area contributed by atoms with Crippen molar-refractivity contribution >= 4 is 45.6 Å². The molecule has 0 bridgehead atoms. The Kier molecular flexibility index (Phi) is 9.68. The highest BCUT2D eigenvalue weighted by Gasteiger charge is 2.14. The first-order chi connectivity index (χ1) is 15.3. The maximum atomic E-state index is 12.0. The van der Waals surface area contributed by atoms with Gasteiger partial charge in [-0.3, -0.25) is 9.59 Å². The monoisotopic (exact) mass is 505 g/mol. The number of aryl methyl sites for hydroxylation is 1. The molecule has 0 aliphatic heterocycles. The number of rotatable bonds is 10. The van der Waals surface area contributed by atoms with E-state index in [4.69, 9.17) is 14.2 Å². The normalized spacial score (nSPS) is 10.5. The Morgan fingerprint density at radius 2 is 1.84 bits per heavy atom. The summed E-state index contributed by atoms with van der Waals surface area (Å²) in [6, 6.07) is 10.5. The van der Waals surface area contributed by atoms with Crippen LogP contribution in [0, 0.1) is 6.92 Å². The molecule has 2 N–H and O–H groups in total. The Balaban J connectivity index is 1.92. The highest BCUT2D eigenvalue weighted by Crippen LogP contribution is 2.36. The summed E-state index contributed by atoms with van der Waals surface area (Å²) < 4.78 is 16.1. The lowest BCUT2D eigenvalue weighted by Crippen LogP contribution is -2.24. The summed E-state index contributed by atoms with van der Waals surface area (Å²) in [5.74, 6) is -0.829. The quantitative estimate of drug-likeness (QED) is 0.221. The molecule has 0 aliphatic rings. The maximum Gasteiger partial charge on any atom is 0.344 e. The molecule has 2 aromatic carbocycles. The van der Waals surface area contributed by atoms with Gasteiger partial charge in [-0.05, 0) is 59.6 Å². The van der Waals surface area contributed by atoms with Crippen molar-refractivity contribution in [2.24, 2.45) is 5.10 Å². The molecule has 0 fully saturated rings. The van der Waals surface area contributed by atoms with E-state index in [-0.39, 0.29) is 19.6 Å². The van der Waals surface area contributed by atoms with Gasteiger partial charge >= 0.3 is 5.97 Å². The number of anilines is 1. The Hall–Kier alpha value is -3.40. The molecule has 2 amide bonds. The van der Waals surface area contributed by atoms with E-state index in [9.17, 15) is 14.4 Å². The van der Waals surface area contributed by atoms with E-state index in [0.717, 1.165) is 5.56 Å². The molecule has 0 saturated carbocycles. The van der Waals surface area contributed by atoms with Crippen LogP contribution in [0.15, 0.2) is 46.0 Å². The van der Waals surface area contributed by atoms with Crippen molar-refractivity contribution in [3.63, 3.8) is 0 Å². The summed E-state index contributed by atoms with van der Waals surface area (Å²) in [6.07, 6.45) is 1.01. The molecule has 9 nitrogen and oxygen atoms in total. The van der Waals surface area contributed by atoms with Crippen LogP contribution in [0.5, 0.6) is 11.5 Å². The molecule has 0 heterocycles. The number of benzene rings is 2. The number of nitrogens with one attached hydrogen (secondary N) is 2. The third-order valence-corrected chi connectivity index (χ3v) is 4.54. The largest absolute Gasteiger partial charge is 0.493 e. The minimum atomic E-state index is -0.564. The lowest BCUT2D eigenvalue weighted by Gasteiger charge is -2.13. The van der Waals surface area contributed by atoms with Crippen molar-refractivity contribution in [3.05, 3.63) is 52.0 Å². The van der Waals surface area contributed by atoms with Gasteiger partial charge in [-0.1, -0.05) is 17.7 Å². The second-order valence-electron chi connectivity index (χ2n) is 6.51. The van der Waals surface area contributed by atoms with E-state index in [0.29, 0.717) is 27.2 Å². The Labute approximate surface area is 194 Å². The molecular formula is C22H24BrN3O6. The Morgan fingerprint density at radius 1 is 1.12 bits per heavy atom. The SMILES string of the molecule is CCOC(=O)COc1c(Br)cc(C=NNC(=O)CC(=O)Nc2ccc(C)cc2)cc1OC. The van der Waals surface area contributed by atoms with Crippen molar-refractivity contribution in [1.82, 2.24) is 5.43 Å². The molecule has 0 aliphatic carbocycles. The predicted octanol–water partition coefficient (Wildman–Crippen LogP) is 3.19. The van der Waals surface area contributed by atoms with E-state index >= 15 is 0 Å². The molecule has 0 radical (unpaired) electrons. The highest BCUT2D eigenvalue weighted by atomic mass is 79.9. The summed E-state index contributed by atoms with van der Waals surface area (Å²) in [5.41, 5.74) is 4.57. The van der Waals surface area contributed by atoms with Crippen molar-refractivity contribution in [2.75, 3.05) is 25.6 Å². The smallest absolute Gasteiger partial charge is 0.344 e. The molecule has 32 heavy (non-hydrogen) atoms. The summed E-state index contributed by atoms with van der Waals surface area (Å²) in [4.78, 5) is 35.4. The van der Waals surface area contributed by atoms with Crippen LogP contribution in [-0.4, -0.2) is 44.3 Å². The molecule has 2 rings (SSSR count). The standard InChI is InChI=1S/C22H24BrN3O6/c1-4-31-21(29)13-32-22-17(23)9-15(10-18(22)30-3)12-24-26-20(28)11-19(27)25-16-7-5-14(2)6-8-16/h5-10,12H,4,11,13H2,1-3H3,(H,25,27)(H,26,28). The third kappa shape index (κ3) is 8.03. The van der Waals surface area contributed by atoms with Crippen molar-refractivity contribution in [1.29, 1.82) is 0 Å². The number of hydrogen-bond acceptors (Lipinski definition) is 7. The van der Waals surface area contributed by atoms with Gasteiger partial charge in [0.1, 0.15) is 6.42 Å². The zero-order valence-electron chi connectivity index (χ0n) is 17.9. The van der Waals surface area contributed by atoms with E-state index in [1.54, 1.807) is 31.2 Å². The average molecular weight is 506 g/mol. The lowest BCUT2D eigenvalue weighted by atomic mass is 10.2. The number of methoxy groups -OCH3 is 1. The van der Waals surface area contributed by atoms with Crippen LogP contribution in [0.2, 0.25) is 0 Å². The Morgan fingerprint density at radius 3 is 2.50 bits per heavy atom. The minimum absolute atomic E-state index is 0.259.